The van der Waals surface area contributed by atoms with E-state index in [0.29, 0.717) is 18.2 Å². The summed E-state index contributed by atoms with van der Waals surface area (Å²) < 4.78 is 5.24. The van der Waals surface area contributed by atoms with Crippen molar-refractivity contribution < 1.29 is 9.53 Å². The quantitative estimate of drug-likeness (QED) is 0.621. The van der Waals surface area contributed by atoms with Gasteiger partial charge in [0, 0.05) is 5.69 Å². The van der Waals surface area contributed by atoms with Gasteiger partial charge in [0.2, 0.25) is 11.9 Å². The van der Waals surface area contributed by atoms with Crippen LogP contribution in [0.25, 0.3) is 0 Å². The molecule has 124 valence electrons. The summed E-state index contributed by atoms with van der Waals surface area (Å²) in [7, 11) is 0. The minimum atomic E-state index is -0.261. The summed E-state index contributed by atoms with van der Waals surface area (Å²) in [6.45, 7) is -0.0224. The third-order valence-electron chi connectivity index (χ3n) is 3.63. The van der Waals surface area contributed by atoms with Crippen LogP contribution in [0.5, 0.6) is 0 Å². The van der Waals surface area contributed by atoms with E-state index in [4.69, 9.17) is 10.5 Å². The Hall–Kier alpha value is -2.96. The molecular weight excluding hydrogens is 306 g/mol. The fourth-order valence-electron chi connectivity index (χ4n) is 2.49. The van der Waals surface area contributed by atoms with E-state index in [1.54, 1.807) is 0 Å². The average molecular weight is 325 g/mol. The van der Waals surface area contributed by atoms with Crippen molar-refractivity contribution in [3.05, 3.63) is 48.3 Å². The van der Waals surface area contributed by atoms with Crippen molar-refractivity contribution in [2.75, 3.05) is 11.1 Å². The Labute approximate surface area is 140 Å². The second-order valence-corrected chi connectivity index (χ2v) is 5.55. The van der Waals surface area contributed by atoms with E-state index in [2.05, 4.69) is 32.4 Å². The number of esters is 1. The highest BCUT2D eigenvalue weighted by Crippen LogP contribution is 2.21. The molecule has 3 rings (SSSR count). The first-order valence-electron chi connectivity index (χ1n) is 7.84. The second kappa shape index (κ2) is 7.54. The van der Waals surface area contributed by atoms with Crippen LogP contribution in [0.1, 0.15) is 25.1 Å². The van der Waals surface area contributed by atoms with Crippen LogP contribution in [0.2, 0.25) is 0 Å². The predicted molar refractivity (Wildman–Crippen MR) is 90.2 cm³/mol. The summed E-state index contributed by atoms with van der Waals surface area (Å²) in [5, 5.41) is 3.04. The monoisotopic (exact) mass is 325 g/mol. The van der Waals surface area contributed by atoms with Crippen molar-refractivity contribution >= 4 is 23.6 Å². The highest BCUT2D eigenvalue weighted by atomic mass is 16.5. The second-order valence-electron chi connectivity index (χ2n) is 5.55. The number of nitrogens with zero attached hydrogens (tertiary/aromatic N) is 3. The van der Waals surface area contributed by atoms with Gasteiger partial charge in [0.25, 0.3) is 0 Å². The minimum Gasteiger partial charge on any atom is -0.457 e. The van der Waals surface area contributed by atoms with Gasteiger partial charge in [0.15, 0.2) is 12.4 Å². The first-order chi connectivity index (χ1) is 11.7. The van der Waals surface area contributed by atoms with Gasteiger partial charge in [-0.3, -0.25) is 4.79 Å². The van der Waals surface area contributed by atoms with Gasteiger partial charge >= 0.3 is 5.97 Å². The lowest BCUT2D eigenvalue weighted by atomic mass is 10.1. The topological polar surface area (TPSA) is 103 Å². The number of hydrogen-bond acceptors (Lipinski definition) is 7. The first kappa shape index (κ1) is 15.9. The fourth-order valence-corrected chi connectivity index (χ4v) is 2.49. The number of ether oxygens (including phenoxy) is 1. The summed E-state index contributed by atoms with van der Waals surface area (Å²) in [6.07, 6.45) is 6.55. The van der Waals surface area contributed by atoms with E-state index in [-0.39, 0.29) is 24.4 Å². The number of aromatic nitrogens is 3. The Bertz CT molecular complexity index is 733. The number of rotatable bonds is 6. The van der Waals surface area contributed by atoms with Crippen LogP contribution in [0, 0.1) is 5.92 Å². The third kappa shape index (κ3) is 4.52. The van der Waals surface area contributed by atoms with E-state index < -0.39 is 0 Å². The Morgan fingerprint density at radius 2 is 2.08 bits per heavy atom. The van der Waals surface area contributed by atoms with Gasteiger partial charge in [-0.05, 0) is 30.9 Å². The molecule has 7 heteroatoms. The SMILES string of the molecule is Nc1nc(COC(=O)C[C@H]2C=CCC2)nc(Nc2ccccc2)n1. The van der Waals surface area contributed by atoms with Gasteiger partial charge in [-0.15, -0.1) is 0 Å². The number of benzene rings is 1. The highest BCUT2D eigenvalue weighted by Gasteiger charge is 2.15. The molecule has 0 saturated carbocycles. The third-order valence-corrected chi connectivity index (χ3v) is 3.63. The van der Waals surface area contributed by atoms with E-state index in [1.165, 1.54) is 0 Å². The molecule has 0 saturated heterocycles. The van der Waals surface area contributed by atoms with Gasteiger partial charge in [0.05, 0.1) is 6.42 Å². The Balaban J connectivity index is 1.59. The number of nitrogens with one attached hydrogen (secondary N) is 1. The molecule has 1 aromatic heterocycles. The van der Waals surface area contributed by atoms with Gasteiger partial charge in [-0.2, -0.15) is 15.0 Å². The van der Waals surface area contributed by atoms with E-state index in [1.807, 2.05) is 30.3 Å². The molecule has 0 bridgehead atoms. The zero-order valence-electron chi connectivity index (χ0n) is 13.2. The lowest BCUT2D eigenvalue weighted by Gasteiger charge is -2.09. The molecule has 1 atom stereocenters. The number of para-hydroxylation sites is 1. The van der Waals surface area contributed by atoms with Gasteiger partial charge in [-0.1, -0.05) is 30.4 Å². The Morgan fingerprint density at radius 3 is 2.83 bits per heavy atom. The minimum absolute atomic E-state index is 0.0224. The van der Waals surface area contributed by atoms with Crippen molar-refractivity contribution in [1.29, 1.82) is 0 Å². The molecular formula is C17H19N5O2. The molecule has 7 nitrogen and oxygen atoms in total. The van der Waals surface area contributed by atoms with Crippen LogP contribution in [-0.4, -0.2) is 20.9 Å². The number of carbonyl (C=O) groups excluding carboxylic acids is 1. The molecule has 1 heterocycles. The van der Waals surface area contributed by atoms with E-state index in [0.717, 1.165) is 18.5 Å². The summed E-state index contributed by atoms with van der Waals surface area (Å²) in [5.41, 5.74) is 6.53. The number of nitrogen functional groups attached to an aromatic ring is 1. The summed E-state index contributed by atoms with van der Waals surface area (Å²) in [4.78, 5) is 24.1. The zero-order valence-corrected chi connectivity index (χ0v) is 13.2. The summed E-state index contributed by atoms with van der Waals surface area (Å²) in [5.74, 6) is 0.724. The normalized spacial score (nSPS) is 16.1. The zero-order chi connectivity index (χ0) is 16.8. The maximum absolute atomic E-state index is 11.9. The van der Waals surface area contributed by atoms with E-state index in [9.17, 15) is 4.79 Å². The standard InChI is InChI=1S/C17H19N5O2/c18-16-20-14(11-24-15(23)10-12-6-4-5-7-12)21-17(22-16)19-13-8-2-1-3-9-13/h1-4,6,8-9,12H,5,7,10-11H2,(H3,18,19,20,21,22)/t12-/m0/s1. The van der Waals surface area contributed by atoms with Crippen molar-refractivity contribution in [3.8, 4) is 0 Å². The molecule has 0 radical (unpaired) electrons. The smallest absolute Gasteiger partial charge is 0.306 e. The molecule has 2 aromatic rings. The van der Waals surface area contributed by atoms with Gasteiger partial charge in [-0.25, -0.2) is 0 Å². The molecule has 1 aromatic carbocycles. The number of carbonyl (C=O) groups is 1. The first-order valence-corrected chi connectivity index (χ1v) is 7.84. The molecule has 0 aliphatic heterocycles. The largest absolute Gasteiger partial charge is 0.457 e. The molecule has 1 aliphatic rings. The van der Waals surface area contributed by atoms with Crippen LogP contribution in [-0.2, 0) is 16.1 Å². The molecule has 1 aliphatic carbocycles. The number of allylic oxidation sites excluding steroid dienone is 2. The van der Waals surface area contributed by atoms with Gasteiger partial charge in [0.1, 0.15) is 0 Å². The van der Waals surface area contributed by atoms with Crippen molar-refractivity contribution in [1.82, 2.24) is 15.0 Å². The molecule has 0 spiro atoms. The van der Waals surface area contributed by atoms with E-state index >= 15 is 0 Å². The summed E-state index contributed by atoms with van der Waals surface area (Å²) >= 11 is 0. The maximum Gasteiger partial charge on any atom is 0.306 e. The van der Waals surface area contributed by atoms with Crippen LogP contribution in [0.3, 0.4) is 0 Å². The predicted octanol–water partition coefficient (Wildman–Crippen LogP) is 2.60. The molecule has 0 unspecified atom stereocenters. The van der Waals surface area contributed by atoms with Crippen LogP contribution in [0.15, 0.2) is 42.5 Å². The molecule has 0 amide bonds. The van der Waals surface area contributed by atoms with Crippen LogP contribution < -0.4 is 11.1 Å². The average Bonchev–Trinajstić information content (AvgIpc) is 3.06. The Morgan fingerprint density at radius 1 is 1.25 bits per heavy atom. The Kier molecular flexibility index (Phi) is 5.00. The maximum atomic E-state index is 11.9. The lowest BCUT2D eigenvalue weighted by Crippen LogP contribution is -2.12. The van der Waals surface area contributed by atoms with Crippen LogP contribution >= 0.6 is 0 Å². The number of anilines is 3. The van der Waals surface area contributed by atoms with Crippen molar-refractivity contribution in [2.24, 2.45) is 5.92 Å². The van der Waals surface area contributed by atoms with Crippen molar-refractivity contribution in [2.45, 2.75) is 25.9 Å². The fraction of sp³-hybridized carbons (Fsp3) is 0.294. The van der Waals surface area contributed by atoms with Crippen LogP contribution in [0.4, 0.5) is 17.6 Å². The van der Waals surface area contributed by atoms with Gasteiger partial charge < -0.3 is 15.8 Å². The van der Waals surface area contributed by atoms with Crippen molar-refractivity contribution in [3.63, 3.8) is 0 Å². The molecule has 24 heavy (non-hydrogen) atoms. The lowest BCUT2D eigenvalue weighted by molar-refractivity contribution is -0.145. The molecule has 0 fully saturated rings. The highest BCUT2D eigenvalue weighted by molar-refractivity contribution is 5.70. The molecule has 3 N–H and O–H groups in total. The summed E-state index contributed by atoms with van der Waals surface area (Å²) in [6, 6.07) is 9.47. The number of nitrogens with two attached hydrogens (primary N) is 1. The number of hydrogen-bond donors (Lipinski definition) is 2.